The molecular weight excluding hydrogens is 447 g/mol. The average molecular weight is 480 g/mol. The van der Waals surface area contributed by atoms with Crippen molar-refractivity contribution in [3.05, 3.63) is 35.7 Å². The third kappa shape index (κ3) is 4.05. The minimum Gasteiger partial charge on any atom is -0.379 e. The van der Waals surface area contributed by atoms with Gasteiger partial charge in [-0.15, -0.1) is 0 Å². The van der Waals surface area contributed by atoms with E-state index >= 15 is 0 Å². The number of methoxy groups -OCH3 is 1. The molecule has 3 fully saturated rings. The summed E-state index contributed by atoms with van der Waals surface area (Å²) in [6.07, 6.45) is 2.66. The van der Waals surface area contributed by atoms with Gasteiger partial charge in [0.1, 0.15) is 0 Å². The normalized spacial score (nSPS) is 36.1. The summed E-state index contributed by atoms with van der Waals surface area (Å²) in [5, 5.41) is 3.74. The van der Waals surface area contributed by atoms with E-state index < -0.39 is 17.2 Å². The van der Waals surface area contributed by atoms with Crippen molar-refractivity contribution in [2.75, 3.05) is 26.9 Å². The predicted octanol–water partition coefficient (Wildman–Crippen LogP) is 3.67. The summed E-state index contributed by atoms with van der Waals surface area (Å²) in [7, 11) is 1.70. The lowest BCUT2D eigenvalue weighted by atomic mass is 9.73. The smallest absolute Gasteiger partial charge is 0.379 e. The highest BCUT2D eigenvalue weighted by molar-refractivity contribution is 5.88. The quantitative estimate of drug-likeness (QED) is 0.714. The minimum atomic E-state index is -4.40. The van der Waals surface area contributed by atoms with Crippen molar-refractivity contribution in [3.8, 4) is 0 Å². The Bertz CT molecular complexity index is 968. The van der Waals surface area contributed by atoms with Gasteiger partial charge in [0, 0.05) is 44.6 Å². The number of hydrogen-bond acceptors (Lipinski definition) is 5. The van der Waals surface area contributed by atoms with Crippen molar-refractivity contribution in [2.45, 2.75) is 69.4 Å². The number of carbonyl (C=O) groups is 1. The van der Waals surface area contributed by atoms with Gasteiger partial charge in [0.25, 0.3) is 0 Å². The Morgan fingerprint density at radius 2 is 2.15 bits per heavy atom. The first kappa shape index (κ1) is 23.8. The van der Waals surface area contributed by atoms with E-state index in [-0.39, 0.29) is 36.1 Å². The van der Waals surface area contributed by atoms with Crippen LogP contribution >= 0.6 is 0 Å². The van der Waals surface area contributed by atoms with E-state index in [1.807, 2.05) is 11.0 Å². The maximum atomic E-state index is 13.6. The number of pyridine rings is 1. The summed E-state index contributed by atoms with van der Waals surface area (Å²) in [5.74, 6) is 0.311. The van der Waals surface area contributed by atoms with E-state index in [1.54, 1.807) is 7.11 Å². The maximum absolute atomic E-state index is 13.6. The number of amides is 1. The molecule has 1 spiro atoms. The molecule has 0 aromatic carbocycles. The average Bonchev–Trinajstić information content (AvgIpc) is 3.35. The Kier molecular flexibility index (Phi) is 6.23. The second-order valence-electron chi connectivity index (χ2n) is 10.2. The number of alkyl halides is 3. The van der Waals surface area contributed by atoms with Crippen LogP contribution in [-0.4, -0.2) is 66.9 Å². The number of aromatic nitrogens is 1. The number of halogens is 3. The van der Waals surface area contributed by atoms with Crippen LogP contribution in [0.15, 0.2) is 24.4 Å². The largest absolute Gasteiger partial charge is 0.416 e. The molecule has 2 saturated heterocycles. The molecular formula is C25H32F3N3O3. The summed E-state index contributed by atoms with van der Waals surface area (Å²) in [5.41, 5.74) is 0.0358. The fourth-order valence-corrected chi connectivity index (χ4v) is 6.55. The van der Waals surface area contributed by atoms with Crippen LogP contribution in [0, 0.1) is 11.3 Å². The summed E-state index contributed by atoms with van der Waals surface area (Å²) in [6.45, 7) is 3.85. The molecule has 6 nitrogen and oxygen atoms in total. The Morgan fingerprint density at radius 3 is 2.91 bits per heavy atom. The molecule has 1 aromatic heterocycles. The Morgan fingerprint density at radius 1 is 1.32 bits per heavy atom. The lowest BCUT2D eigenvalue weighted by molar-refractivity contribution is -0.138. The van der Waals surface area contributed by atoms with Crippen LogP contribution in [0.1, 0.15) is 50.3 Å². The van der Waals surface area contributed by atoms with Crippen LogP contribution < -0.4 is 5.32 Å². The standard InChI is InChI=1S/C25H32F3N3O3/c1-15-21-11-16(20-12-17(4-8-29-20)25(26,27)28)5-9-31(21)23(32)24(15)7-3-18(13-24)30-19-6-10-34-14-22(19)33-2/h4-5,8,12,15,18-19,21-22,30H,3,6-7,9-11,13-14H2,1-2H3/t15?,18?,19?,21?,22?,24-/m0/s1. The van der Waals surface area contributed by atoms with E-state index in [4.69, 9.17) is 9.47 Å². The van der Waals surface area contributed by atoms with Gasteiger partial charge in [-0.05, 0) is 55.7 Å². The zero-order valence-corrected chi connectivity index (χ0v) is 19.6. The first-order valence-corrected chi connectivity index (χ1v) is 12.1. The molecule has 0 bridgehead atoms. The van der Waals surface area contributed by atoms with Crippen molar-refractivity contribution < 1.29 is 27.4 Å². The third-order valence-electron chi connectivity index (χ3n) is 8.52. The first-order valence-electron chi connectivity index (χ1n) is 12.1. The van der Waals surface area contributed by atoms with E-state index in [2.05, 4.69) is 17.2 Å². The van der Waals surface area contributed by atoms with E-state index in [0.717, 1.165) is 43.4 Å². The summed E-state index contributed by atoms with van der Waals surface area (Å²) in [4.78, 5) is 19.8. The van der Waals surface area contributed by atoms with Crippen molar-refractivity contribution in [1.29, 1.82) is 0 Å². The second-order valence-corrected chi connectivity index (χ2v) is 10.2. The predicted molar refractivity (Wildman–Crippen MR) is 120 cm³/mol. The van der Waals surface area contributed by atoms with Crippen LogP contribution in [0.4, 0.5) is 13.2 Å². The van der Waals surface area contributed by atoms with E-state index in [0.29, 0.717) is 31.9 Å². The number of ether oxygens (including phenoxy) is 2. The zero-order valence-electron chi connectivity index (χ0n) is 19.6. The fourth-order valence-electron chi connectivity index (χ4n) is 6.55. The van der Waals surface area contributed by atoms with Gasteiger partial charge in [-0.2, -0.15) is 13.2 Å². The number of fused-ring (bicyclic) bond motifs is 1. The molecule has 1 saturated carbocycles. The number of nitrogens with zero attached hydrogens (tertiary/aromatic N) is 2. The monoisotopic (exact) mass is 479 g/mol. The molecule has 3 aliphatic heterocycles. The van der Waals surface area contributed by atoms with Gasteiger partial charge in [-0.3, -0.25) is 9.78 Å². The fraction of sp³-hybridized carbons (Fsp3) is 0.680. The van der Waals surface area contributed by atoms with E-state index in [9.17, 15) is 18.0 Å². The van der Waals surface area contributed by atoms with Gasteiger partial charge in [0.15, 0.2) is 0 Å². The molecule has 1 aromatic rings. The molecule has 4 heterocycles. The number of carbonyl (C=O) groups excluding carboxylic acids is 1. The SMILES string of the molecule is COC1COCCC1NC1CC[C@@]2(C1)C(=O)N1CC=C(c3cc(C(F)(F)F)ccn3)CC1C2C. The molecule has 5 rings (SSSR count). The maximum Gasteiger partial charge on any atom is 0.416 e. The van der Waals surface area contributed by atoms with Gasteiger partial charge in [-0.25, -0.2) is 0 Å². The molecule has 6 atom stereocenters. The van der Waals surface area contributed by atoms with Gasteiger partial charge in [-0.1, -0.05) is 13.0 Å². The second kappa shape index (κ2) is 8.91. The highest BCUT2D eigenvalue weighted by Crippen LogP contribution is 2.54. The molecule has 34 heavy (non-hydrogen) atoms. The third-order valence-corrected chi connectivity index (χ3v) is 8.52. The molecule has 1 amide bonds. The summed E-state index contributed by atoms with van der Waals surface area (Å²) in [6, 6.07) is 2.56. The number of hydrogen-bond donors (Lipinski definition) is 1. The Balaban J connectivity index is 1.30. The van der Waals surface area contributed by atoms with Crippen LogP contribution in [0.25, 0.3) is 5.57 Å². The Hall–Kier alpha value is -1.97. The molecule has 0 radical (unpaired) electrons. The van der Waals surface area contributed by atoms with Crippen molar-refractivity contribution in [2.24, 2.45) is 11.3 Å². The highest BCUT2D eigenvalue weighted by atomic mass is 19.4. The van der Waals surface area contributed by atoms with Crippen LogP contribution in [0.5, 0.6) is 0 Å². The minimum absolute atomic E-state index is 0.0139. The molecule has 186 valence electrons. The first-order chi connectivity index (χ1) is 16.2. The van der Waals surface area contributed by atoms with Crippen LogP contribution in [-0.2, 0) is 20.4 Å². The van der Waals surface area contributed by atoms with Gasteiger partial charge in [0.2, 0.25) is 5.91 Å². The molecule has 1 N–H and O–H groups in total. The molecule has 9 heteroatoms. The van der Waals surface area contributed by atoms with Crippen molar-refractivity contribution >= 4 is 11.5 Å². The summed E-state index contributed by atoms with van der Waals surface area (Å²) >= 11 is 0. The van der Waals surface area contributed by atoms with Crippen molar-refractivity contribution in [1.82, 2.24) is 15.2 Å². The van der Waals surface area contributed by atoms with Crippen LogP contribution in [0.2, 0.25) is 0 Å². The van der Waals surface area contributed by atoms with Gasteiger partial charge < -0.3 is 19.7 Å². The highest BCUT2D eigenvalue weighted by Gasteiger charge is 2.60. The number of rotatable bonds is 4. The Labute approximate surface area is 197 Å². The van der Waals surface area contributed by atoms with Crippen LogP contribution in [0.3, 0.4) is 0 Å². The zero-order chi connectivity index (χ0) is 24.1. The topological polar surface area (TPSA) is 63.7 Å². The number of nitrogens with one attached hydrogen (secondary N) is 1. The van der Waals surface area contributed by atoms with Crippen molar-refractivity contribution in [3.63, 3.8) is 0 Å². The molecule has 1 aliphatic carbocycles. The molecule has 4 aliphatic rings. The van der Waals surface area contributed by atoms with Gasteiger partial charge in [0.05, 0.1) is 29.4 Å². The lowest BCUT2D eigenvalue weighted by Gasteiger charge is -2.34. The van der Waals surface area contributed by atoms with Gasteiger partial charge >= 0.3 is 6.18 Å². The van der Waals surface area contributed by atoms with E-state index in [1.165, 1.54) is 6.20 Å². The summed E-state index contributed by atoms with van der Waals surface area (Å²) < 4.78 is 50.7. The molecule has 5 unspecified atom stereocenters. The lowest BCUT2D eigenvalue weighted by Crippen LogP contribution is -2.51.